The summed E-state index contributed by atoms with van der Waals surface area (Å²) in [5, 5.41) is 0. The number of ether oxygens (including phenoxy) is 1. The first-order valence-electron chi connectivity index (χ1n) is 6.76. The molecule has 1 atom stereocenters. The van der Waals surface area contributed by atoms with Crippen LogP contribution in [0.3, 0.4) is 0 Å². The predicted molar refractivity (Wildman–Crippen MR) is 76.9 cm³/mol. The minimum absolute atomic E-state index is 0.00970. The molecule has 0 radical (unpaired) electrons. The number of methoxy groups -OCH3 is 1. The smallest absolute Gasteiger partial charge is 0.239 e. The van der Waals surface area contributed by atoms with Crippen LogP contribution in [0.2, 0.25) is 0 Å². The van der Waals surface area contributed by atoms with Gasteiger partial charge in [0.2, 0.25) is 5.91 Å². The summed E-state index contributed by atoms with van der Waals surface area (Å²) in [5.41, 5.74) is 7.11. The molecule has 0 heterocycles. The SMILES string of the molecule is CCN(CCc1ccccc1)C(=O)C(N)CCOC. The van der Waals surface area contributed by atoms with Crippen molar-refractivity contribution >= 4 is 5.91 Å². The molecule has 1 aromatic rings. The lowest BCUT2D eigenvalue weighted by Crippen LogP contribution is -2.45. The van der Waals surface area contributed by atoms with Crippen molar-refractivity contribution in [1.29, 1.82) is 0 Å². The molecule has 1 unspecified atom stereocenters. The number of nitrogens with two attached hydrogens (primary N) is 1. The zero-order valence-corrected chi connectivity index (χ0v) is 11.8. The van der Waals surface area contributed by atoms with Crippen molar-refractivity contribution in [2.45, 2.75) is 25.8 Å². The molecule has 0 aliphatic rings. The fraction of sp³-hybridized carbons (Fsp3) is 0.533. The fourth-order valence-corrected chi connectivity index (χ4v) is 1.94. The highest BCUT2D eigenvalue weighted by molar-refractivity contribution is 5.81. The molecule has 1 amide bonds. The third-order valence-corrected chi connectivity index (χ3v) is 3.16. The molecular formula is C15H24N2O2. The molecule has 0 bridgehead atoms. The molecule has 19 heavy (non-hydrogen) atoms. The van der Waals surface area contributed by atoms with E-state index in [-0.39, 0.29) is 5.91 Å². The number of carbonyl (C=O) groups excluding carboxylic acids is 1. The zero-order valence-electron chi connectivity index (χ0n) is 11.8. The van der Waals surface area contributed by atoms with Crippen LogP contribution in [0.5, 0.6) is 0 Å². The molecule has 2 N–H and O–H groups in total. The maximum atomic E-state index is 12.1. The van der Waals surface area contributed by atoms with E-state index in [4.69, 9.17) is 10.5 Å². The van der Waals surface area contributed by atoms with Crippen molar-refractivity contribution in [3.63, 3.8) is 0 Å². The molecule has 1 aromatic carbocycles. The summed E-state index contributed by atoms with van der Waals surface area (Å²) >= 11 is 0. The van der Waals surface area contributed by atoms with E-state index in [0.29, 0.717) is 26.1 Å². The van der Waals surface area contributed by atoms with Crippen LogP contribution in [0, 0.1) is 0 Å². The number of hydrogen-bond donors (Lipinski definition) is 1. The number of nitrogens with zero attached hydrogens (tertiary/aromatic N) is 1. The summed E-state index contributed by atoms with van der Waals surface area (Å²) in [7, 11) is 1.62. The van der Waals surface area contributed by atoms with Gasteiger partial charge in [-0.2, -0.15) is 0 Å². The molecule has 0 spiro atoms. The molecule has 0 saturated carbocycles. The molecule has 4 heteroatoms. The van der Waals surface area contributed by atoms with Crippen molar-refractivity contribution in [3.05, 3.63) is 35.9 Å². The van der Waals surface area contributed by atoms with Crippen LogP contribution in [0.15, 0.2) is 30.3 Å². The first-order chi connectivity index (χ1) is 9.19. The Hall–Kier alpha value is -1.39. The fourth-order valence-electron chi connectivity index (χ4n) is 1.94. The van der Waals surface area contributed by atoms with Gasteiger partial charge in [-0.3, -0.25) is 4.79 Å². The van der Waals surface area contributed by atoms with Crippen LogP contribution in [0.4, 0.5) is 0 Å². The molecule has 106 valence electrons. The van der Waals surface area contributed by atoms with Gasteiger partial charge in [0.15, 0.2) is 0 Å². The van der Waals surface area contributed by atoms with Crippen molar-refractivity contribution in [3.8, 4) is 0 Å². The van der Waals surface area contributed by atoms with E-state index in [9.17, 15) is 4.79 Å². The summed E-state index contributed by atoms with van der Waals surface area (Å²) in [5.74, 6) is 0.00970. The minimum Gasteiger partial charge on any atom is -0.385 e. The Morgan fingerprint density at radius 2 is 2.05 bits per heavy atom. The number of rotatable bonds is 8. The van der Waals surface area contributed by atoms with Crippen LogP contribution in [0.25, 0.3) is 0 Å². The van der Waals surface area contributed by atoms with Crippen molar-refractivity contribution in [1.82, 2.24) is 4.90 Å². The summed E-state index contributed by atoms with van der Waals surface area (Å²) in [4.78, 5) is 14.0. The average molecular weight is 264 g/mol. The number of amides is 1. The van der Waals surface area contributed by atoms with Crippen LogP contribution < -0.4 is 5.73 Å². The quantitative estimate of drug-likeness (QED) is 0.773. The maximum absolute atomic E-state index is 12.1. The normalized spacial score (nSPS) is 12.2. The van der Waals surface area contributed by atoms with Crippen molar-refractivity contribution in [2.24, 2.45) is 5.73 Å². The van der Waals surface area contributed by atoms with Crippen LogP contribution in [-0.4, -0.2) is 43.7 Å². The van der Waals surface area contributed by atoms with Crippen LogP contribution in [-0.2, 0) is 16.0 Å². The van der Waals surface area contributed by atoms with Gasteiger partial charge < -0.3 is 15.4 Å². The summed E-state index contributed by atoms with van der Waals surface area (Å²) in [6.07, 6.45) is 1.43. The highest BCUT2D eigenvalue weighted by Crippen LogP contribution is 2.04. The second-order valence-corrected chi connectivity index (χ2v) is 4.54. The third kappa shape index (κ3) is 5.41. The number of hydrogen-bond acceptors (Lipinski definition) is 3. The van der Waals surface area contributed by atoms with Gasteiger partial charge in [0.05, 0.1) is 6.04 Å². The minimum atomic E-state index is -0.462. The Labute approximate surface area is 115 Å². The first-order valence-corrected chi connectivity index (χ1v) is 6.76. The molecule has 0 saturated heterocycles. The second kappa shape index (κ2) is 8.67. The van der Waals surface area contributed by atoms with Gasteiger partial charge in [0.25, 0.3) is 0 Å². The number of benzene rings is 1. The summed E-state index contributed by atoms with van der Waals surface area (Å²) in [6.45, 7) is 3.89. The average Bonchev–Trinajstić information content (AvgIpc) is 2.46. The number of likely N-dealkylation sites (N-methyl/N-ethyl adjacent to an activating group) is 1. The van der Waals surface area contributed by atoms with E-state index in [1.807, 2.05) is 30.0 Å². The van der Waals surface area contributed by atoms with Gasteiger partial charge in [0, 0.05) is 26.8 Å². The second-order valence-electron chi connectivity index (χ2n) is 4.54. The Morgan fingerprint density at radius 3 is 2.63 bits per heavy atom. The Kier molecular flexibility index (Phi) is 7.15. The standard InChI is InChI=1S/C15H24N2O2/c1-3-17(15(18)14(16)10-12-19-2)11-9-13-7-5-4-6-8-13/h4-8,14H,3,9-12,16H2,1-2H3. The predicted octanol–water partition coefficient (Wildman–Crippen LogP) is 1.44. The van der Waals surface area contributed by atoms with Gasteiger partial charge >= 0.3 is 0 Å². The van der Waals surface area contributed by atoms with Gasteiger partial charge in [-0.1, -0.05) is 30.3 Å². The van der Waals surface area contributed by atoms with Gasteiger partial charge in [-0.05, 0) is 25.3 Å². The Morgan fingerprint density at radius 1 is 1.37 bits per heavy atom. The van der Waals surface area contributed by atoms with E-state index < -0.39 is 6.04 Å². The largest absolute Gasteiger partial charge is 0.385 e. The molecule has 0 aliphatic heterocycles. The lowest BCUT2D eigenvalue weighted by molar-refractivity contribution is -0.132. The molecule has 0 aliphatic carbocycles. The summed E-state index contributed by atoms with van der Waals surface area (Å²) < 4.78 is 4.95. The Balaban J connectivity index is 2.46. The molecular weight excluding hydrogens is 240 g/mol. The lowest BCUT2D eigenvalue weighted by Gasteiger charge is -2.24. The lowest BCUT2D eigenvalue weighted by atomic mass is 10.1. The van der Waals surface area contributed by atoms with E-state index in [1.165, 1.54) is 5.56 Å². The zero-order chi connectivity index (χ0) is 14.1. The molecule has 4 nitrogen and oxygen atoms in total. The molecule has 1 rings (SSSR count). The molecule has 0 aromatic heterocycles. The monoisotopic (exact) mass is 264 g/mol. The maximum Gasteiger partial charge on any atom is 0.239 e. The van der Waals surface area contributed by atoms with Crippen LogP contribution >= 0.6 is 0 Å². The topological polar surface area (TPSA) is 55.6 Å². The van der Waals surface area contributed by atoms with Crippen molar-refractivity contribution in [2.75, 3.05) is 26.8 Å². The van der Waals surface area contributed by atoms with Crippen LogP contribution in [0.1, 0.15) is 18.9 Å². The highest BCUT2D eigenvalue weighted by Gasteiger charge is 2.19. The molecule has 0 fully saturated rings. The van der Waals surface area contributed by atoms with E-state index in [1.54, 1.807) is 7.11 Å². The van der Waals surface area contributed by atoms with E-state index in [2.05, 4.69) is 12.1 Å². The Bertz CT molecular complexity index is 368. The van der Waals surface area contributed by atoms with Gasteiger partial charge in [-0.15, -0.1) is 0 Å². The van der Waals surface area contributed by atoms with Gasteiger partial charge in [0.1, 0.15) is 0 Å². The van der Waals surface area contributed by atoms with E-state index in [0.717, 1.165) is 6.42 Å². The third-order valence-electron chi connectivity index (χ3n) is 3.16. The van der Waals surface area contributed by atoms with E-state index >= 15 is 0 Å². The first kappa shape index (κ1) is 15.7. The summed E-state index contributed by atoms with van der Waals surface area (Å²) in [6, 6.07) is 9.70. The highest BCUT2D eigenvalue weighted by atomic mass is 16.5. The van der Waals surface area contributed by atoms with Gasteiger partial charge in [-0.25, -0.2) is 0 Å². The number of carbonyl (C=O) groups is 1. The van der Waals surface area contributed by atoms with Crippen molar-refractivity contribution < 1.29 is 9.53 Å².